The van der Waals surface area contributed by atoms with Gasteiger partial charge in [0.05, 0.1) is 20.4 Å². The molecule has 0 unspecified atom stereocenters. The predicted octanol–water partition coefficient (Wildman–Crippen LogP) is 2.68. The number of aromatic nitrogens is 2. The van der Waals surface area contributed by atoms with E-state index in [4.69, 9.17) is 9.47 Å². The van der Waals surface area contributed by atoms with E-state index in [0.717, 1.165) is 10.0 Å². The molecule has 20 heavy (non-hydrogen) atoms. The summed E-state index contributed by atoms with van der Waals surface area (Å²) in [6, 6.07) is 7.54. The summed E-state index contributed by atoms with van der Waals surface area (Å²) in [6.45, 7) is 0. The van der Waals surface area contributed by atoms with E-state index in [-0.39, 0.29) is 23.8 Å². The van der Waals surface area contributed by atoms with Gasteiger partial charge in [-0.3, -0.25) is 4.79 Å². The van der Waals surface area contributed by atoms with E-state index in [0.29, 0.717) is 5.88 Å². The number of carbonyl (C=O) groups excluding carboxylic acids is 1. The number of ketones is 1. The Morgan fingerprint density at radius 2 is 1.90 bits per heavy atom. The van der Waals surface area contributed by atoms with E-state index in [2.05, 4.69) is 25.9 Å². The van der Waals surface area contributed by atoms with Gasteiger partial charge in [0.15, 0.2) is 11.5 Å². The minimum Gasteiger partial charge on any atom is -0.480 e. The van der Waals surface area contributed by atoms with Crippen molar-refractivity contribution in [2.24, 2.45) is 0 Å². The minimum absolute atomic E-state index is 0.153. The summed E-state index contributed by atoms with van der Waals surface area (Å²) in [4.78, 5) is 20.4. The van der Waals surface area contributed by atoms with Crippen molar-refractivity contribution in [2.75, 3.05) is 14.2 Å². The molecule has 2 aromatic rings. The number of benzene rings is 1. The Kier molecular flexibility index (Phi) is 4.68. The maximum Gasteiger partial charge on any atom is 0.246 e. The Hall–Kier alpha value is -1.95. The number of rotatable bonds is 5. The van der Waals surface area contributed by atoms with Crippen LogP contribution in [0.5, 0.6) is 11.8 Å². The zero-order chi connectivity index (χ0) is 14.5. The Morgan fingerprint density at radius 3 is 2.50 bits per heavy atom. The fourth-order valence-electron chi connectivity index (χ4n) is 1.66. The second-order valence-electron chi connectivity index (χ2n) is 4.00. The molecule has 0 spiro atoms. The van der Waals surface area contributed by atoms with Gasteiger partial charge in [-0.2, -0.15) is 4.98 Å². The summed E-state index contributed by atoms with van der Waals surface area (Å²) in [5.41, 5.74) is 1.11. The van der Waals surface area contributed by atoms with Crippen LogP contribution in [0.1, 0.15) is 16.1 Å². The summed E-state index contributed by atoms with van der Waals surface area (Å²) >= 11 is 3.35. The third-order valence-electron chi connectivity index (χ3n) is 2.66. The number of carbonyl (C=O) groups is 1. The molecule has 0 bridgehead atoms. The number of methoxy groups -OCH3 is 2. The first-order valence-electron chi connectivity index (χ1n) is 5.86. The van der Waals surface area contributed by atoms with E-state index in [1.807, 2.05) is 24.3 Å². The monoisotopic (exact) mass is 336 g/mol. The largest absolute Gasteiger partial charge is 0.480 e. The number of Topliss-reactive ketones (excluding diaryl/α,β-unsaturated/α-hetero) is 1. The van der Waals surface area contributed by atoms with Crippen LogP contribution in [0.3, 0.4) is 0 Å². The number of ether oxygens (including phenoxy) is 2. The van der Waals surface area contributed by atoms with Crippen molar-refractivity contribution in [1.29, 1.82) is 0 Å². The smallest absolute Gasteiger partial charge is 0.246 e. The molecule has 0 N–H and O–H groups in total. The first kappa shape index (κ1) is 14.5. The van der Waals surface area contributed by atoms with Gasteiger partial charge in [-0.05, 0) is 17.7 Å². The topological polar surface area (TPSA) is 61.3 Å². The maximum atomic E-state index is 12.2. The molecule has 6 heteroatoms. The van der Waals surface area contributed by atoms with Crippen LogP contribution in [0.15, 0.2) is 34.9 Å². The van der Waals surface area contributed by atoms with Gasteiger partial charge in [0, 0.05) is 10.9 Å². The average Bonchev–Trinajstić information content (AvgIpc) is 2.48. The highest BCUT2D eigenvalue weighted by Crippen LogP contribution is 2.19. The molecule has 0 aliphatic rings. The molecular weight excluding hydrogens is 324 g/mol. The first-order valence-corrected chi connectivity index (χ1v) is 6.66. The molecule has 0 saturated carbocycles. The zero-order valence-corrected chi connectivity index (χ0v) is 12.7. The van der Waals surface area contributed by atoms with Crippen LogP contribution in [0.4, 0.5) is 0 Å². The number of nitrogens with zero attached hydrogens (tertiary/aromatic N) is 2. The van der Waals surface area contributed by atoms with Gasteiger partial charge in [0.25, 0.3) is 0 Å². The highest BCUT2D eigenvalue weighted by Gasteiger charge is 2.17. The van der Waals surface area contributed by atoms with Crippen LogP contribution in [0.25, 0.3) is 0 Å². The van der Waals surface area contributed by atoms with E-state index in [1.54, 1.807) is 0 Å². The molecule has 0 saturated heterocycles. The number of hydrogen-bond donors (Lipinski definition) is 0. The van der Waals surface area contributed by atoms with E-state index < -0.39 is 0 Å². The second kappa shape index (κ2) is 6.47. The van der Waals surface area contributed by atoms with Gasteiger partial charge in [0.1, 0.15) is 0 Å². The quantitative estimate of drug-likeness (QED) is 0.785. The van der Waals surface area contributed by atoms with E-state index in [9.17, 15) is 4.79 Å². The van der Waals surface area contributed by atoms with E-state index >= 15 is 0 Å². The van der Waals surface area contributed by atoms with Crippen molar-refractivity contribution >= 4 is 21.7 Å². The lowest BCUT2D eigenvalue weighted by Gasteiger charge is -2.07. The molecule has 1 heterocycles. The highest BCUT2D eigenvalue weighted by molar-refractivity contribution is 9.10. The Bertz CT molecular complexity index is 614. The molecule has 104 valence electrons. The highest BCUT2D eigenvalue weighted by atomic mass is 79.9. The molecule has 0 atom stereocenters. The summed E-state index contributed by atoms with van der Waals surface area (Å²) in [6.07, 6.45) is 1.64. The summed E-state index contributed by atoms with van der Waals surface area (Å²) in [5.74, 6) is 0.327. The van der Waals surface area contributed by atoms with Gasteiger partial charge in [-0.1, -0.05) is 28.1 Å². The molecular formula is C14H13BrN2O3. The molecule has 2 rings (SSSR count). The third kappa shape index (κ3) is 3.33. The lowest BCUT2D eigenvalue weighted by atomic mass is 10.1. The minimum atomic E-state index is -0.153. The van der Waals surface area contributed by atoms with Crippen LogP contribution >= 0.6 is 15.9 Å². The van der Waals surface area contributed by atoms with Crippen molar-refractivity contribution < 1.29 is 14.3 Å². The molecule has 0 aliphatic carbocycles. The second-order valence-corrected chi connectivity index (χ2v) is 4.91. The Balaban J connectivity index is 2.22. The number of halogens is 1. The predicted molar refractivity (Wildman–Crippen MR) is 77.3 cm³/mol. The van der Waals surface area contributed by atoms with Crippen molar-refractivity contribution in [1.82, 2.24) is 9.97 Å². The fourth-order valence-corrected chi connectivity index (χ4v) is 1.92. The van der Waals surface area contributed by atoms with Crippen LogP contribution in [-0.4, -0.2) is 30.0 Å². The summed E-state index contributed by atoms with van der Waals surface area (Å²) < 4.78 is 11.0. The van der Waals surface area contributed by atoms with E-state index in [1.165, 1.54) is 20.4 Å². The third-order valence-corrected chi connectivity index (χ3v) is 3.19. The molecule has 5 nitrogen and oxygen atoms in total. The van der Waals surface area contributed by atoms with Gasteiger partial charge in [0.2, 0.25) is 11.8 Å². The summed E-state index contributed by atoms with van der Waals surface area (Å²) in [5, 5.41) is 0. The fraction of sp³-hybridized carbons (Fsp3) is 0.214. The van der Waals surface area contributed by atoms with Crippen LogP contribution in [0, 0.1) is 0 Å². The van der Waals surface area contributed by atoms with Crippen LogP contribution < -0.4 is 9.47 Å². The summed E-state index contributed by atoms with van der Waals surface area (Å²) in [7, 11) is 2.92. The molecule has 0 amide bonds. The zero-order valence-electron chi connectivity index (χ0n) is 11.1. The van der Waals surface area contributed by atoms with Crippen molar-refractivity contribution in [2.45, 2.75) is 6.42 Å². The van der Waals surface area contributed by atoms with Crippen molar-refractivity contribution in [3.63, 3.8) is 0 Å². The number of hydrogen-bond acceptors (Lipinski definition) is 5. The lowest BCUT2D eigenvalue weighted by Crippen LogP contribution is -2.10. The van der Waals surface area contributed by atoms with Gasteiger partial charge >= 0.3 is 0 Å². The Labute approximate surface area is 125 Å². The van der Waals surface area contributed by atoms with Gasteiger partial charge in [-0.25, -0.2) is 4.98 Å². The first-order chi connectivity index (χ1) is 9.63. The van der Waals surface area contributed by atoms with Crippen LogP contribution in [0.2, 0.25) is 0 Å². The standard InChI is InChI=1S/C14H13BrN2O3/c1-19-12-8-16-13(14(17-12)20-2)11(18)7-9-3-5-10(15)6-4-9/h3-6,8H,7H2,1-2H3. The molecule has 1 aromatic carbocycles. The molecule has 0 fully saturated rings. The van der Waals surface area contributed by atoms with Gasteiger partial charge < -0.3 is 9.47 Å². The molecule has 1 aromatic heterocycles. The Morgan fingerprint density at radius 1 is 1.20 bits per heavy atom. The molecule has 0 radical (unpaired) electrons. The normalized spacial score (nSPS) is 10.2. The van der Waals surface area contributed by atoms with Crippen LogP contribution in [-0.2, 0) is 6.42 Å². The van der Waals surface area contributed by atoms with Crippen molar-refractivity contribution in [3.05, 3.63) is 46.2 Å². The van der Waals surface area contributed by atoms with Gasteiger partial charge in [-0.15, -0.1) is 0 Å². The average molecular weight is 337 g/mol. The molecule has 0 aliphatic heterocycles. The lowest BCUT2D eigenvalue weighted by molar-refractivity contribution is 0.0984. The van der Waals surface area contributed by atoms with Crippen molar-refractivity contribution in [3.8, 4) is 11.8 Å². The SMILES string of the molecule is COc1cnc(C(=O)Cc2ccc(Br)cc2)c(OC)n1. The maximum absolute atomic E-state index is 12.2.